The number of nitrogens with two attached hydrogens (primary N) is 1. The zero-order valence-corrected chi connectivity index (χ0v) is 13.0. The van der Waals surface area contributed by atoms with Crippen LogP contribution >= 0.6 is 0 Å². The number of carbonyl (C=O) groups is 1. The van der Waals surface area contributed by atoms with Crippen molar-refractivity contribution >= 4 is 24.3 Å². The summed E-state index contributed by atoms with van der Waals surface area (Å²) in [5.74, 6) is 0.704. The van der Waals surface area contributed by atoms with Gasteiger partial charge in [0.15, 0.2) is 0 Å². The van der Waals surface area contributed by atoms with E-state index in [1.807, 2.05) is 29.7 Å². The Morgan fingerprint density at radius 3 is 2.58 bits per heavy atom. The molecule has 0 aliphatic heterocycles. The number of hydrogen-bond donors (Lipinski definition) is 3. The van der Waals surface area contributed by atoms with Crippen molar-refractivity contribution in [2.45, 2.75) is 13.5 Å². The number of amides is 1. The van der Waals surface area contributed by atoms with Gasteiger partial charge in [-0.05, 0) is 42.8 Å². The van der Waals surface area contributed by atoms with Gasteiger partial charge >= 0.3 is 7.32 Å². The maximum absolute atomic E-state index is 11.3. The summed E-state index contributed by atoms with van der Waals surface area (Å²) in [7, 11) is -1.84. The molecule has 0 bridgehead atoms. The van der Waals surface area contributed by atoms with Crippen molar-refractivity contribution in [3.63, 3.8) is 0 Å². The van der Waals surface area contributed by atoms with Gasteiger partial charge in [0.2, 0.25) is 5.91 Å². The predicted molar refractivity (Wildman–Crippen MR) is 89.4 cm³/mol. The first-order valence-electron chi connectivity index (χ1n) is 7.32. The summed E-state index contributed by atoms with van der Waals surface area (Å²) in [6.45, 7) is 2.48. The summed E-state index contributed by atoms with van der Waals surface area (Å²) in [6.07, 6.45) is 0. The van der Waals surface area contributed by atoms with Gasteiger partial charge in [-0.25, -0.2) is 4.98 Å². The molecule has 0 unspecified atom stereocenters. The Morgan fingerprint density at radius 1 is 1.25 bits per heavy atom. The molecule has 0 spiro atoms. The minimum atomic E-state index is -1.84. The van der Waals surface area contributed by atoms with Crippen LogP contribution in [0.15, 0.2) is 42.5 Å². The molecule has 0 fully saturated rings. The van der Waals surface area contributed by atoms with Crippen LogP contribution in [0.2, 0.25) is 0 Å². The molecule has 4 N–H and O–H groups in total. The van der Waals surface area contributed by atoms with Crippen molar-refractivity contribution in [1.82, 2.24) is 9.55 Å². The highest BCUT2D eigenvalue weighted by atomic mass is 16.6. The molecular formula is C16H16BN3O4. The largest absolute Gasteiger partial charge is 0.707 e. The molecule has 1 aromatic heterocycles. The van der Waals surface area contributed by atoms with E-state index >= 15 is 0 Å². The Labute approximate surface area is 138 Å². The van der Waals surface area contributed by atoms with Crippen molar-refractivity contribution in [1.29, 1.82) is 0 Å². The minimum absolute atomic E-state index is 0.368. The van der Waals surface area contributed by atoms with Crippen LogP contribution in [0.5, 0.6) is 5.75 Å². The first-order valence-corrected chi connectivity index (χ1v) is 7.32. The molecule has 2 aromatic carbocycles. The van der Waals surface area contributed by atoms with Gasteiger partial charge in [0.1, 0.15) is 11.6 Å². The summed E-state index contributed by atoms with van der Waals surface area (Å²) >= 11 is 0. The second-order valence-corrected chi connectivity index (χ2v) is 5.40. The number of hydrogen-bond acceptors (Lipinski definition) is 5. The highest BCUT2D eigenvalue weighted by Gasteiger charge is 2.12. The van der Waals surface area contributed by atoms with E-state index in [-0.39, 0.29) is 0 Å². The lowest BCUT2D eigenvalue weighted by molar-refractivity contribution is 0.100. The molecule has 3 aromatic rings. The van der Waals surface area contributed by atoms with Gasteiger partial charge in [0.25, 0.3) is 0 Å². The molecule has 0 aliphatic rings. The molecule has 7 nitrogen and oxygen atoms in total. The zero-order valence-electron chi connectivity index (χ0n) is 13.0. The third-order valence-electron chi connectivity index (χ3n) is 3.73. The second kappa shape index (κ2) is 6.35. The van der Waals surface area contributed by atoms with Crippen molar-refractivity contribution < 1.29 is 19.5 Å². The van der Waals surface area contributed by atoms with Gasteiger partial charge in [0.05, 0.1) is 11.0 Å². The summed E-state index contributed by atoms with van der Waals surface area (Å²) in [6, 6.07) is 12.2. The molecule has 0 saturated heterocycles. The molecule has 0 aliphatic carbocycles. The third-order valence-corrected chi connectivity index (χ3v) is 3.73. The van der Waals surface area contributed by atoms with Gasteiger partial charge in [-0.3, -0.25) is 4.79 Å². The fraction of sp³-hybridized carbons (Fsp3) is 0.125. The van der Waals surface area contributed by atoms with E-state index in [0.29, 0.717) is 23.4 Å². The lowest BCUT2D eigenvalue weighted by atomic mass is 10.1. The Balaban J connectivity index is 1.89. The minimum Gasteiger partial charge on any atom is -0.512 e. The lowest BCUT2D eigenvalue weighted by Gasteiger charge is -2.09. The van der Waals surface area contributed by atoms with Crippen LogP contribution in [-0.4, -0.2) is 32.8 Å². The fourth-order valence-electron chi connectivity index (χ4n) is 2.58. The smallest absolute Gasteiger partial charge is 0.512 e. The number of rotatable bonds is 5. The number of aromatic nitrogens is 2. The van der Waals surface area contributed by atoms with E-state index in [4.69, 9.17) is 20.4 Å². The van der Waals surface area contributed by atoms with E-state index in [9.17, 15) is 4.79 Å². The van der Waals surface area contributed by atoms with E-state index in [0.717, 1.165) is 16.9 Å². The number of benzene rings is 2. The Bertz CT molecular complexity index is 890. The van der Waals surface area contributed by atoms with Gasteiger partial charge < -0.3 is 25.0 Å². The number of fused-ring (bicyclic) bond motifs is 1. The molecule has 122 valence electrons. The van der Waals surface area contributed by atoms with Gasteiger partial charge in [-0.15, -0.1) is 0 Å². The zero-order chi connectivity index (χ0) is 17.3. The van der Waals surface area contributed by atoms with Gasteiger partial charge in [-0.2, -0.15) is 0 Å². The van der Waals surface area contributed by atoms with Gasteiger partial charge in [-0.1, -0.05) is 12.1 Å². The molecule has 1 amide bonds. The first kappa shape index (κ1) is 16.0. The maximum atomic E-state index is 11.3. The van der Waals surface area contributed by atoms with E-state index in [2.05, 4.69) is 4.98 Å². The standard InChI is InChI=1S/C16H16BN3O4/c1-10-19-14-8-12(16(18)21)4-7-15(14)20(10)9-11-2-5-13(6-3-11)24-17(22)23/h2-8,22-23H,9H2,1H3,(H2,18,21). The second-order valence-electron chi connectivity index (χ2n) is 5.40. The predicted octanol–water partition coefficient (Wildman–Crippen LogP) is 0.840. The molecular weight excluding hydrogens is 309 g/mol. The third kappa shape index (κ3) is 3.24. The highest BCUT2D eigenvalue weighted by Crippen LogP contribution is 2.20. The Hall–Kier alpha value is -2.84. The summed E-state index contributed by atoms with van der Waals surface area (Å²) < 4.78 is 6.81. The number of carbonyl (C=O) groups excluding carboxylic acids is 1. The van der Waals surface area contributed by atoms with Crippen LogP contribution in [0.4, 0.5) is 0 Å². The lowest BCUT2D eigenvalue weighted by Crippen LogP contribution is -2.20. The number of nitrogens with zero attached hydrogens (tertiary/aromatic N) is 2. The molecule has 0 radical (unpaired) electrons. The molecule has 3 rings (SSSR count). The van der Waals surface area contributed by atoms with Crippen LogP contribution < -0.4 is 10.4 Å². The van der Waals surface area contributed by atoms with E-state index in [1.165, 1.54) is 0 Å². The SMILES string of the molecule is Cc1nc2cc(C(N)=O)ccc2n1Cc1ccc(OB(O)O)cc1. The fourth-order valence-corrected chi connectivity index (χ4v) is 2.58. The van der Waals surface area contributed by atoms with Crippen molar-refractivity contribution in [3.8, 4) is 5.75 Å². The first-order chi connectivity index (χ1) is 11.4. The highest BCUT2D eigenvalue weighted by molar-refractivity contribution is 6.33. The Morgan fingerprint density at radius 2 is 1.96 bits per heavy atom. The van der Waals surface area contributed by atoms with Crippen molar-refractivity contribution in [2.75, 3.05) is 0 Å². The number of aryl methyl sites for hydroxylation is 1. The van der Waals surface area contributed by atoms with E-state index in [1.54, 1.807) is 24.3 Å². The van der Waals surface area contributed by atoms with Crippen molar-refractivity contribution in [2.24, 2.45) is 5.73 Å². The maximum Gasteiger partial charge on any atom is 0.707 e. The van der Waals surface area contributed by atoms with Crippen molar-refractivity contribution in [3.05, 3.63) is 59.4 Å². The molecule has 8 heteroatoms. The quantitative estimate of drug-likeness (QED) is 0.602. The number of imidazole rings is 1. The topological polar surface area (TPSA) is 111 Å². The van der Waals surface area contributed by atoms with Crippen LogP contribution in [0, 0.1) is 6.92 Å². The molecule has 0 saturated carbocycles. The molecule has 1 heterocycles. The summed E-state index contributed by atoms with van der Waals surface area (Å²) in [4.78, 5) is 15.7. The summed E-state index contributed by atoms with van der Waals surface area (Å²) in [5, 5.41) is 17.6. The van der Waals surface area contributed by atoms with Crippen LogP contribution in [0.25, 0.3) is 11.0 Å². The van der Waals surface area contributed by atoms with Crippen LogP contribution in [0.1, 0.15) is 21.7 Å². The summed E-state index contributed by atoms with van der Waals surface area (Å²) in [5.41, 5.74) is 8.35. The van der Waals surface area contributed by atoms with E-state index < -0.39 is 13.2 Å². The number of primary amides is 1. The van der Waals surface area contributed by atoms with Crippen LogP contribution in [0.3, 0.4) is 0 Å². The molecule has 0 atom stereocenters. The average molecular weight is 325 g/mol. The molecule has 24 heavy (non-hydrogen) atoms. The Kier molecular flexibility index (Phi) is 4.24. The van der Waals surface area contributed by atoms with Gasteiger partial charge in [0, 0.05) is 12.1 Å². The van der Waals surface area contributed by atoms with Crippen LogP contribution in [-0.2, 0) is 6.54 Å². The average Bonchev–Trinajstić information content (AvgIpc) is 2.83. The monoisotopic (exact) mass is 325 g/mol. The normalized spacial score (nSPS) is 10.8.